The summed E-state index contributed by atoms with van der Waals surface area (Å²) in [4.78, 5) is 25.8. The number of nitrogens with zero attached hydrogens (tertiary/aromatic N) is 4. The van der Waals surface area contributed by atoms with Crippen molar-refractivity contribution in [2.24, 2.45) is 0 Å². The van der Waals surface area contributed by atoms with Crippen LogP contribution >= 0.6 is 0 Å². The molecule has 1 spiro atoms. The van der Waals surface area contributed by atoms with Crippen molar-refractivity contribution in [3.05, 3.63) is 47.3 Å². The normalized spacial score (nSPS) is 21.7. The molecule has 1 aromatic heterocycles. The van der Waals surface area contributed by atoms with Crippen LogP contribution in [0.15, 0.2) is 30.6 Å². The SMILES string of the molecule is O=C(c1cnc(NCc2cc(OC(F)(F)F)cc(C3CC3)c2)nc1)N1CCC12CN(C1COC1)C2. The zero-order chi connectivity index (χ0) is 24.2. The molecule has 1 aromatic carbocycles. The molecule has 4 fully saturated rings. The number of anilines is 1. The third kappa shape index (κ3) is 4.54. The number of halogens is 3. The molecule has 3 aliphatic heterocycles. The van der Waals surface area contributed by atoms with Gasteiger partial charge in [0.2, 0.25) is 5.95 Å². The largest absolute Gasteiger partial charge is 0.573 e. The van der Waals surface area contributed by atoms with Crippen molar-refractivity contribution in [1.29, 1.82) is 0 Å². The molecule has 35 heavy (non-hydrogen) atoms. The van der Waals surface area contributed by atoms with Crippen molar-refractivity contribution in [3.8, 4) is 5.75 Å². The third-order valence-electron chi connectivity index (χ3n) is 7.37. The monoisotopic (exact) mass is 489 g/mol. The van der Waals surface area contributed by atoms with E-state index < -0.39 is 6.36 Å². The van der Waals surface area contributed by atoms with Gasteiger partial charge in [-0.1, -0.05) is 6.07 Å². The van der Waals surface area contributed by atoms with Crippen LogP contribution < -0.4 is 10.1 Å². The Morgan fingerprint density at radius 3 is 2.49 bits per heavy atom. The standard InChI is InChI=1S/C24H26F3N5O3/c25-24(26,27)35-20-6-15(5-17(7-20)16-1-2-16)8-28-22-29-9-18(10-30-22)21(33)32-4-3-23(32)13-31(14-23)19-11-34-12-19/h5-7,9-10,16,19H,1-4,8,11-14H2,(H,28,29,30). The molecule has 3 saturated heterocycles. The summed E-state index contributed by atoms with van der Waals surface area (Å²) in [7, 11) is 0. The minimum absolute atomic E-state index is 0.0709. The van der Waals surface area contributed by atoms with Crippen LogP contribution in [0.25, 0.3) is 0 Å². The van der Waals surface area contributed by atoms with Gasteiger partial charge in [-0.25, -0.2) is 9.97 Å². The van der Waals surface area contributed by atoms with E-state index in [0.29, 0.717) is 23.1 Å². The summed E-state index contributed by atoms with van der Waals surface area (Å²) < 4.78 is 47.5. The van der Waals surface area contributed by atoms with Gasteiger partial charge in [0, 0.05) is 38.6 Å². The van der Waals surface area contributed by atoms with E-state index in [4.69, 9.17) is 4.74 Å². The van der Waals surface area contributed by atoms with Crippen molar-refractivity contribution >= 4 is 11.9 Å². The summed E-state index contributed by atoms with van der Waals surface area (Å²) in [5.41, 5.74) is 1.84. The summed E-state index contributed by atoms with van der Waals surface area (Å²) in [5.74, 6) is 0.290. The van der Waals surface area contributed by atoms with E-state index in [2.05, 4.69) is 24.9 Å². The Morgan fingerprint density at radius 1 is 1.17 bits per heavy atom. The number of amides is 1. The summed E-state index contributed by atoms with van der Waals surface area (Å²) in [6, 6.07) is 5.18. The van der Waals surface area contributed by atoms with Gasteiger partial charge >= 0.3 is 6.36 Å². The van der Waals surface area contributed by atoms with E-state index in [0.717, 1.165) is 57.7 Å². The van der Waals surface area contributed by atoms with E-state index in [1.54, 1.807) is 0 Å². The first kappa shape index (κ1) is 22.5. The van der Waals surface area contributed by atoms with Crippen LogP contribution in [0.5, 0.6) is 5.75 Å². The Kier molecular flexibility index (Phi) is 5.37. The number of hydrogen-bond acceptors (Lipinski definition) is 7. The topological polar surface area (TPSA) is 79.8 Å². The van der Waals surface area contributed by atoms with Crippen LogP contribution in [0.1, 0.15) is 46.7 Å². The van der Waals surface area contributed by atoms with Gasteiger partial charge in [-0.3, -0.25) is 9.69 Å². The van der Waals surface area contributed by atoms with Gasteiger partial charge in [-0.05, 0) is 48.4 Å². The van der Waals surface area contributed by atoms with Crippen LogP contribution in [0.2, 0.25) is 0 Å². The zero-order valence-corrected chi connectivity index (χ0v) is 19.1. The van der Waals surface area contributed by atoms with E-state index in [9.17, 15) is 18.0 Å². The minimum Gasteiger partial charge on any atom is -0.406 e. The number of hydrogen-bond donors (Lipinski definition) is 1. The summed E-state index contributed by atoms with van der Waals surface area (Å²) in [6.07, 6.45) is 1.19. The highest BCUT2D eigenvalue weighted by Crippen LogP contribution is 2.43. The first-order chi connectivity index (χ1) is 16.8. The molecule has 0 bridgehead atoms. The predicted octanol–water partition coefficient (Wildman–Crippen LogP) is 3.16. The molecule has 0 radical (unpaired) electrons. The Labute approximate surface area is 200 Å². The van der Waals surface area contributed by atoms with Crippen LogP contribution in [0.4, 0.5) is 19.1 Å². The maximum absolute atomic E-state index is 13.0. The van der Waals surface area contributed by atoms with Crippen molar-refractivity contribution in [1.82, 2.24) is 19.8 Å². The molecule has 186 valence electrons. The van der Waals surface area contributed by atoms with Gasteiger partial charge in [-0.15, -0.1) is 13.2 Å². The highest BCUT2D eigenvalue weighted by atomic mass is 19.4. The van der Waals surface area contributed by atoms with Gasteiger partial charge in [0.1, 0.15) is 5.75 Å². The van der Waals surface area contributed by atoms with E-state index in [1.807, 2.05) is 11.0 Å². The molecule has 6 rings (SSSR count). The van der Waals surface area contributed by atoms with Gasteiger partial charge in [-0.2, -0.15) is 0 Å². The fourth-order valence-electron chi connectivity index (χ4n) is 5.09. The number of carbonyl (C=O) groups excluding carboxylic acids is 1. The number of aromatic nitrogens is 2. The molecule has 1 aliphatic carbocycles. The molecule has 1 N–H and O–H groups in total. The molecular formula is C24H26F3N5O3. The van der Waals surface area contributed by atoms with Crippen LogP contribution in [0.3, 0.4) is 0 Å². The van der Waals surface area contributed by atoms with Crippen molar-refractivity contribution in [3.63, 3.8) is 0 Å². The van der Waals surface area contributed by atoms with Gasteiger partial charge < -0.3 is 19.7 Å². The fraction of sp³-hybridized carbons (Fsp3) is 0.542. The fourth-order valence-corrected chi connectivity index (χ4v) is 5.09. The van der Waals surface area contributed by atoms with Crippen molar-refractivity contribution in [2.45, 2.75) is 49.7 Å². The highest BCUT2D eigenvalue weighted by molar-refractivity contribution is 5.95. The lowest BCUT2D eigenvalue weighted by molar-refractivity contribution is -0.274. The molecule has 0 unspecified atom stereocenters. The molecule has 0 atom stereocenters. The molecule has 4 heterocycles. The van der Waals surface area contributed by atoms with Crippen LogP contribution in [-0.4, -0.2) is 76.5 Å². The first-order valence-corrected chi connectivity index (χ1v) is 11.9. The Hall–Kier alpha value is -2.92. The molecule has 4 aliphatic rings. The Morgan fingerprint density at radius 2 is 1.91 bits per heavy atom. The number of carbonyl (C=O) groups is 1. The smallest absolute Gasteiger partial charge is 0.406 e. The average Bonchev–Trinajstić information content (AvgIpc) is 3.56. The zero-order valence-electron chi connectivity index (χ0n) is 19.1. The van der Waals surface area contributed by atoms with E-state index in [-0.39, 0.29) is 29.7 Å². The lowest BCUT2D eigenvalue weighted by atomic mass is 9.76. The number of rotatable bonds is 7. The second-order valence-corrected chi connectivity index (χ2v) is 9.91. The van der Waals surface area contributed by atoms with Crippen molar-refractivity contribution < 1.29 is 27.4 Å². The number of alkyl halides is 3. The lowest BCUT2D eigenvalue weighted by Crippen LogP contribution is -2.80. The van der Waals surface area contributed by atoms with Crippen molar-refractivity contribution in [2.75, 3.05) is 38.2 Å². The molecule has 1 saturated carbocycles. The predicted molar refractivity (Wildman–Crippen MR) is 119 cm³/mol. The quantitative estimate of drug-likeness (QED) is 0.640. The number of nitrogens with one attached hydrogen (secondary N) is 1. The molecule has 8 nitrogen and oxygen atoms in total. The number of likely N-dealkylation sites (tertiary alicyclic amines) is 2. The maximum atomic E-state index is 13.0. The third-order valence-corrected chi connectivity index (χ3v) is 7.37. The van der Waals surface area contributed by atoms with E-state index >= 15 is 0 Å². The highest BCUT2D eigenvalue weighted by Gasteiger charge is 2.57. The molecule has 2 aromatic rings. The Balaban J connectivity index is 1.07. The second-order valence-electron chi connectivity index (χ2n) is 9.91. The van der Waals surface area contributed by atoms with Gasteiger partial charge in [0.25, 0.3) is 5.91 Å². The number of ether oxygens (including phenoxy) is 2. The van der Waals surface area contributed by atoms with Crippen LogP contribution in [0, 0.1) is 0 Å². The molecule has 1 amide bonds. The average molecular weight is 489 g/mol. The van der Waals surface area contributed by atoms with Crippen LogP contribution in [-0.2, 0) is 11.3 Å². The summed E-state index contributed by atoms with van der Waals surface area (Å²) in [6.45, 7) is 4.27. The summed E-state index contributed by atoms with van der Waals surface area (Å²) in [5, 5.41) is 3.03. The summed E-state index contributed by atoms with van der Waals surface area (Å²) >= 11 is 0. The number of benzene rings is 1. The maximum Gasteiger partial charge on any atom is 0.573 e. The van der Waals surface area contributed by atoms with Gasteiger partial charge in [0.05, 0.1) is 30.4 Å². The molecule has 11 heteroatoms. The minimum atomic E-state index is -4.74. The second kappa shape index (κ2) is 8.34. The Bertz CT molecular complexity index is 1110. The molecular weight excluding hydrogens is 463 g/mol. The lowest BCUT2D eigenvalue weighted by Gasteiger charge is -2.64. The van der Waals surface area contributed by atoms with E-state index in [1.165, 1.54) is 24.5 Å². The van der Waals surface area contributed by atoms with Gasteiger partial charge in [0.15, 0.2) is 0 Å². The first-order valence-electron chi connectivity index (χ1n) is 11.9.